The summed E-state index contributed by atoms with van der Waals surface area (Å²) < 4.78 is 21.0. The molecule has 1 aromatic heterocycles. The van der Waals surface area contributed by atoms with Crippen molar-refractivity contribution in [3.05, 3.63) is 21.9 Å². The van der Waals surface area contributed by atoms with E-state index >= 15 is 0 Å². The molecule has 3 rings (SSSR count). The fourth-order valence-corrected chi connectivity index (χ4v) is 3.61. The molecule has 1 heterocycles. The molecular formula is C12H11BrFNO2S. The van der Waals surface area contributed by atoms with Crippen LogP contribution in [0.4, 0.5) is 4.39 Å². The third-order valence-corrected chi connectivity index (χ3v) is 4.58. The van der Waals surface area contributed by atoms with E-state index in [-0.39, 0.29) is 11.9 Å². The van der Waals surface area contributed by atoms with Gasteiger partial charge in [0.15, 0.2) is 15.5 Å². The van der Waals surface area contributed by atoms with Gasteiger partial charge in [-0.05, 0) is 35.2 Å². The minimum absolute atomic E-state index is 0.199. The van der Waals surface area contributed by atoms with Gasteiger partial charge in [0.05, 0.1) is 16.3 Å². The molecule has 6 heteroatoms. The van der Waals surface area contributed by atoms with E-state index in [1.165, 1.54) is 17.4 Å². The van der Waals surface area contributed by atoms with Crippen molar-refractivity contribution in [1.29, 1.82) is 0 Å². The molecule has 1 fully saturated rings. The monoisotopic (exact) mass is 331 g/mol. The molecule has 1 saturated carbocycles. The Morgan fingerprint density at radius 1 is 1.44 bits per heavy atom. The van der Waals surface area contributed by atoms with Crippen LogP contribution >= 0.6 is 27.3 Å². The quantitative estimate of drug-likeness (QED) is 0.915. The van der Waals surface area contributed by atoms with E-state index in [2.05, 4.69) is 20.9 Å². The van der Waals surface area contributed by atoms with Gasteiger partial charge in [0.2, 0.25) is 0 Å². The zero-order valence-electron chi connectivity index (χ0n) is 9.40. The molecule has 0 radical (unpaired) electrons. The average molecular weight is 332 g/mol. The van der Waals surface area contributed by atoms with Gasteiger partial charge in [-0.3, -0.25) is 0 Å². The third kappa shape index (κ3) is 2.24. The number of nitrogens with zero attached hydrogens (tertiary/aromatic N) is 1. The lowest BCUT2D eigenvalue weighted by Crippen LogP contribution is -2.25. The number of aliphatic hydroxyl groups excluding tert-OH is 1. The second-order valence-corrected chi connectivity index (χ2v) is 6.68. The van der Waals surface area contributed by atoms with Crippen molar-refractivity contribution < 1.29 is 14.2 Å². The Labute approximate surface area is 116 Å². The van der Waals surface area contributed by atoms with Crippen molar-refractivity contribution in [2.75, 3.05) is 0 Å². The lowest BCUT2D eigenvalue weighted by molar-refractivity contribution is 0.0580. The average Bonchev–Trinajstić information content (AvgIpc) is 2.85. The fraction of sp³-hybridized carbons (Fsp3) is 0.417. The van der Waals surface area contributed by atoms with Gasteiger partial charge in [0, 0.05) is 12.1 Å². The second kappa shape index (κ2) is 4.75. The molecular weight excluding hydrogens is 321 g/mol. The molecule has 2 aromatic rings. The Bertz CT molecular complexity index is 589. The summed E-state index contributed by atoms with van der Waals surface area (Å²) in [6.07, 6.45) is 1.62. The molecule has 1 N–H and O–H groups in total. The van der Waals surface area contributed by atoms with Crippen LogP contribution in [-0.4, -0.2) is 22.3 Å². The van der Waals surface area contributed by atoms with Gasteiger partial charge in [0.1, 0.15) is 6.10 Å². The summed E-state index contributed by atoms with van der Waals surface area (Å²) >= 11 is 4.71. The molecule has 96 valence electrons. The van der Waals surface area contributed by atoms with Gasteiger partial charge < -0.3 is 9.84 Å². The number of thiazole rings is 1. The number of halogens is 2. The molecule has 3 nitrogen and oxygen atoms in total. The van der Waals surface area contributed by atoms with Gasteiger partial charge in [-0.15, -0.1) is 11.3 Å². The zero-order valence-corrected chi connectivity index (χ0v) is 11.8. The smallest absolute Gasteiger partial charge is 0.167 e. The Hall–Kier alpha value is -0.720. The highest BCUT2D eigenvalue weighted by molar-refractivity contribution is 9.11. The van der Waals surface area contributed by atoms with Crippen LogP contribution in [-0.2, 0) is 0 Å². The van der Waals surface area contributed by atoms with E-state index in [1.807, 2.05) is 0 Å². The predicted molar refractivity (Wildman–Crippen MR) is 71.6 cm³/mol. The molecule has 0 amide bonds. The highest BCUT2D eigenvalue weighted by atomic mass is 79.9. The van der Waals surface area contributed by atoms with Crippen LogP contribution in [0.3, 0.4) is 0 Å². The van der Waals surface area contributed by atoms with Crippen molar-refractivity contribution in [2.45, 2.75) is 31.5 Å². The van der Waals surface area contributed by atoms with Gasteiger partial charge in [-0.1, -0.05) is 0 Å². The number of ether oxygens (including phenoxy) is 1. The largest absolute Gasteiger partial charge is 0.485 e. The first-order valence-corrected chi connectivity index (χ1v) is 7.35. The minimum Gasteiger partial charge on any atom is -0.485 e. The number of benzene rings is 1. The highest BCUT2D eigenvalue weighted by Crippen LogP contribution is 2.33. The van der Waals surface area contributed by atoms with Crippen molar-refractivity contribution >= 4 is 37.5 Å². The van der Waals surface area contributed by atoms with Gasteiger partial charge in [-0.25, -0.2) is 9.37 Å². The maximum atomic E-state index is 13.9. The van der Waals surface area contributed by atoms with E-state index in [4.69, 9.17) is 4.74 Å². The number of rotatable bonds is 2. The maximum absolute atomic E-state index is 13.9. The second-order valence-electron chi connectivity index (χ2n) is 4.37. The van der Waals surface area contributed by atoms with Crippen LogP contribution in [0, 0.1) is 5.82 Å². The summed E-state index contributed by atoms with van der Waals surface area (Å²) in [5.41, 5.74) is 0.615. The van der Waals surface area contributed by atoms with E-state index in [0.717, 1.165) is 27.9 Å². The molecule has 0 spiro atoms. The van der Waals surface area contributed by atoms with E-state index in [9.17, 15) is 9.50 Å². The first-order chi connectivity index (χ1) is 8.63. The molecule has 2 atom stereocenters. The lowest BCUT2D eigenvalue weighted by atomic mass is 10.2. The molecule has 1 aliphatic rings. The number of fused-ring (bicyclic) bond motifs is 1. The third-order valence-electron chi connectivity index (χ3n) is 3.11. The Kier molecular flexibility index (Phi) is 3.25. The molecule has 1 aromatic carbocycles. The van der Waals surface area contributed by atoms with Crippen molar-refractivity contribution in [1.82, 2.24) is 4.98 Å². The molecule has 0 bridgehead atoms. The SMILES string of the molecule is O[C@@H]1CCC[C@@H]1Oc1cc2sc(Br)nc2cc1F. The topological polar surface area (TPSA) is 42.4 Å². The molecule has 0 saturated heterocycles. The van der Waals surface area contributed by atoms with Crippen LogP contribution < -0.4 is 4.74 Å². The van der Waals surface area contributed by atoms with Crippen molar-refractivity contribution in [2.24, 2.45) is 0 Å². The molecule has 18 heavy (non-hydrogen) atoms. The lowest BCUT2D eigenvalue weighted by Gasteiger charge is -2.17. The molecule has 1 aliphatic carbocycles. The zero-order chi connectivity index (χ0) is 12.7. The predicted octanol–water partition coefficient (Wildman–Crippen LogP) is 3.49. The number of aliphatic hydroxyl groups is 1. The maximum Gasteiger partial charge on any atom is 0.167 e. The summed E-state index contributed by atoms with van der Waals surface area (Å²) in [4.78, 5) is 4.15. The number of hydrogen-bond donors (Lipinski definition) is 1. The van der Waals surface area contributed by atoms with Crippen molar-refractivity contribution in [3.8, 4) is 5.75 Å². The van der Waals surface area contributed by atoms with Gasteiger partial charge in [-0.2, -0.15) is 0 Å². The summed E-state index contributed by atoms with van der Waals surface area (Å²) in [5.74, 6) is -0.232. The van der Waals surface area contributed by atoms with Crippen LogP contribution in [0.1, 0.15) is 19.3 Å². The van der Waals surface area contributed by atoms with Crippen LogP contribution in [0.15, 0.2) is 16.0 Å². The Balaban J connectivity index is 1.93. The van der Waals surface area contributed by atoms with E-state index in [0.29, 0.717) is 5.52 Å². The summed E-state index contributed by atoms with van der Waals surface area (Å²) in [7, 11) is 0. The first-order valence-electron chi connectivity index (χ1n) is 5.74. The van der Waals surface area contributed by atoms with Gasteiger partial charge in [0.25, 0.3) is 0 Å². The normalized spacial score (nSPS) is 23.7. The Morgan fingerprint density at radius 2 is 2.28 bits per heavy atom. The van der Waals surface area contributed by atoms with Crippen LogP contribution in [0.5, 0.6) is 5.75 Å². The summed E-state index contributed by atoms with van der Waals surface area (Å²) in [6.45, 7) is 0. The standard InChI is InChI=1S/C12H11BrFNO2S/c13-12-15-7-4-6(14)10(5-11(7)18-12)17-9-3-1-2-8(9)16/h4-5,8-9,16H,1-3H2/t8-,9+/m1/s1. The first kappa shape index (κ1) is 12.3. The van der Waals surface area contributed by atoms with Crippen LogP contribution in [0.2, 0.25) is 0 Å². The van der Waals surface area contributed by atoms with E-state index in [1.54, 1.807) is 6.07 Å². The number of hydrogen-bond acceptors (Lipinski definition) is 4. The van der Waals surface area contributed by atoms with E-state index < -0.39 is 11.9 Å². The molecule has 0 aliphatic heterocycles. The minimum atomic E-state index is -0.492. The summed E-state index contributed by atoms with van der Waals surface area (Å²) in [5, 5.41) is 9.69. The van der Waals surface area contributed by atoms with Crippen molar-refractivity contribution in [3.63, 3.8) is 0 Å². The Morgan fingerprint density at radius 3 is 3.00 bits per heavy atom. The summed E-state index contributed by atoms with van der Waals surface area (Å²) in [6, 6.07) is 3.02. The van der Waals surface area contributed by atoms with Gasteiger partial charge >= 0.3 is 0 Å². The van der Waals surface area contributed by atoms with Crippen LogP contribution in [0.25, 0.3) is 10.2 Å². The molecule has 0 unspecified atom stereocenters. The highest BCUT2D eigenvalue weighted by Gasteiger charge is 2.28. The number of aromatic nitrogens is 1. The fourth-order valence-electron chi connectivity index (χ4n) is 2.20.